The van der Waals surface area contributed by atoms with Gasteiger partial charge in [-0.15, -0.1) is 0 Å². The lowest BCUT2D eigenvalue weighted by Crippen LogP contribution is -2.39. The Morgan fingerprint density at radius 1 is 1.36 bits per heavy atom. The molecule has 0 aromatic heterocycles. The van der Waals surface area contributed by atoms with Crippen molar-refractivity contribution in [1.82, 2.24) is 4.90 Å². The molecule has 1 heterocycles. The van der Waals surface area contributed by atoms with Crippen LogP contribution in [0.15, 0.2) is 0 Å². The fourth-order valence-electron chi connectivity index (χ4n) is 2.95. The Labute approximate surface area is 87.3 Å². The van der Waals surface area contributed by atoms with E-state index in [4.69, 9.17) is 0 Å². The van der Waals surface area contributed by atoms with E-state index in [0.717, 1.165) is 19.5 Å². The highest BCUT2D eigenvalue weighted by Gasteiger charge is 2.37. The van der Waals surface area contributed by atoms with Crippen LogP contribution in [-0.2, 0) is 0 Å². The predicted molar refractivity (Wildman–Crippen MR) is 58.2 cm³/mol. The van der Waals surface area contributed by atoms with Gasteiger partial charge in [0.25, 0.3) is 0 Å². The van der Waals surface area contributed by atoms with Gasteiger partial charge in [0, 0.05) is 19.6 Å². The molecule has 0 radical (unpaired) electrons. The summed E-state index contributed by atoms with van der Waals surface area (Å²) in [6.45, 7) is 7.81. The van der Waals surface area contributed by atoms with Crippen LogP contribution in [-0.4, -0.2) is 35.7 Å². The first-order valence-corrected chi connectivity index (χ1v) is 6.03. The number of hydrogen-bond acceptors (Lipinski definition) is 2. The topological polar surface area (TPSA) is 23.5 Å². The molecule has 2 fully saturated rings. The van der Waals surface area contributed by atoms with Gasteiger partial charge >= 0.3 is 0 Å². The molecule has 2 aliphatic rings. The molecule has 2 rings (SSSR count). The second kappa shape index (κ2) is 3.82. The molecule has 2 heteroatoms. The lowest BCUT2D eigenvalue weighted by Gasteiger charge is -2.41. The maximum atomic E-state index is 9.81. The quantitative estimate of drug-likeness (QED) is 0.746. The minimum Gasteiger partial charge on any atom is -0.391 e. The van der Waals surface area contributed by atoms with Crippen LogP contribution in [0.3, 0.4) is 0 Å². The highest BCUT2D eigenvalue weighted by Crippen LogP contribution is 2.41. The molecular weight excluding hydrogens is 174 g/mol. The van der Waals surface area contributed by atoms with E-state index >= 15 is 0 Å². The van der Waals surface area contributed by atoms with Crippen LogP contribution in [0.25, 0.3) is 0 Å². The summed E-state index contributed by atoms with van der Waals surface area (Å²) in [5, 5.41) is 9.81. The van der Waals surface area contributed by atoms with E-state index in [1.165, 1.54) is 25.8 Å². The number of nitrogens with zero attached hydrogens (tertiary/aromatic N) is 1. The summed E-state index contributed by atoms with van der Waals surface area (Å²) in [6, 6.07) is 0. The van der Waals surface area contributed by atoms with Crippen molar-refractivity contribution in [2.75, 3.05) is 19.6 Å². The Balaban J connectivity index is 1.83. The molecule has 2 nitrogen and oxygen atoms in total. The van der Waals surface area contributed by atoms with Gasteiger partial charge in [-0.25, -0.2) is 0 Å². The van der Waals surface area contributed by atoms with E-state index in [-0.39, 0.29) is 6.10 Å². The van der Waals surface area contributed by atoms with Crippen molar-refractivity contribution in [3.8, 4) is 0 Å². The normalized spacial score (nSPS) is 37.1. The van der Waals surface area contributed by atoms with E-state index in [1.54, 1.807) is 0 Å². The molecule has 0 aromatic carbocycles. The largest absolute Gasteiger partial charge is 0.391 e. The second-order valence-electron chi connectivity index (χ2n) is 5.59. The maximum Gasteiger partial charge on any atom is 0.0707 e. The van der Waals surface area contributed by atoms with Gasteiger partial charge in [0.15, 0.2) is 0 Å². The molecule has 2 unspecified atom stereocenters. The van der Waals surface area contributed by atoms with Crippen molar-refractivity contribution in [3.63, 3.8) is 0 Å². The third kappa shape index (κ3) is 1.96. The van der Waals surface area contributed by atoms with Crippen molar-refractivity contribution in [1.29, 1.82) is 0 Å². The number of hydrogen-bond donors (Lipinski definition) is 1. The van der Waals surface area contributed by atoms with Gasteiger partial charge in [0.05, 0.1) is 6.10 Å². The monoisotopic (exact) mass is 197 g/mol. The number of likely N-dealkylation sites (tertiary alicyclic amines) is 1. The van der Waals surface area contributed by atoms with Crippen LogP contribution in [0, 0.1) is 11.3 Å². The lowest BCUT2D eigenvalue weighted by molar-refractivity contribution is 0.0879. The first-order chi connectivity index (χ1) is 6.63. The number of rotatable bonds is 3. The van der Waals surface area contributed by atoms with Gasteiger partial charge < -0.3 is 5.11 Å². The van der Waals surface area contributed by atoms with Crippen LogP contribution in [0.5, 0.6) is 0 Å². The summed E-state index contributed by atoms with van der Waals surface area (Å²) in [7, 11) is 0. The van der Waals surface area contributed by atoms with Gasteiger partial charge in [-0.2, -0.15) is 0 Å². The van der Waals surface area contributed by atoms with Gasteiger partial charge in [0.1, 0.15) is 0 Å². The average Bonchev–Trinajstić information content (AvgIpc) is 2.43. The van der Waals surface area contributed by atoms with Crippen LogP contribution < -0.4 is 0 Å². The summed E-state index contributed by atoms with van der Waals surface area (Å²) >= 11 is 0. The summed E-state index contributed by atoms with van der Waals surface area (Å²) in [4.78, 5) is 2.47. The van der Waals surface area contributed by atoms with Crippen molar-refractivity contribution in [3.05, 3.63) is 0 Å². The second-order valence-corrected chi connectivity index (χ2v) is 5.59. The molecule has 1 N–H and O–H groups in total. The lowest BCUT2D eigenvalue weighted by atomic mass is 9.70. The highest BCUT2D eigenvalue weighted by atomic mass is 16.3. The summed E-state index contributed by atoms with van der Waals surface area (Å²) in [6.07, 6.45) is 5.23. The van der Waals surface area contributed by atoms with E-state index in [0.29, 0.717) is 11.3 Å². The minimum absolute atomic E-state index is 0.0660. The molecule has 14 heavy (non-hydrogen) atoms. The van der Waals surface area contributed by atoms with Crippen molar-refractivity contribution >= 4 is 0 Å². The first kappa shape index (κ1) is 10.4. The Morgan fingerprint density at radius 2 is 2.07 bits per heavy atom. The Kier molecular flexibility index (Phi) is 2.85. The van der Waals surface area contributed by atoms with Crippen LogP contribution in [0.4, 0.5) is 0 Å². The fourth-order valence-corrected chi connectivity index (χ4v) is 2.95. The molecule has 0 spiro atoms. The van der Waals surface area contributed by atoms with Crippen molar-refractivity contribution in [2.45, 2.75) is 45.6 Å². The molecule has 1 aliphatic heterocycles. The van der Waals surface area contributed by atoms with Gasteiger partial charge in [-0.3, -0.25) is 4.90 Å². The summed E-state index contributed by atoms with van der Waals surface area (Å²) < 4.78 is 0. The van der Waals surface area contributed by atoms with E-state index in [2.05, 4.69) is 18.7 Å². The molecule has 1 saturated carbocycles. The molecule has 82 valence electrons. The SMILES string of the molecule is CCC1CN(CC2(C)CCC2)CC1O. The average molecular weight is 197 g/mol. The number of aliphatic hydroxyl groups excluding tert-OH is 1. The Hall–Kier alpha value is -0.0800. The smallest absolute Gasteiger partial charge is 0.0707 e. The van der Waals surface area contributed by atoms with E-state index < -0.39 is 0 Å². The summed E-state index contributed by atoms with van der Waals surface area (Å²) in [5.41, 5.74) is 0.572. The molecule has 0 bridgehead atoms. The molecular formula is C12H23NO. The van der Waals surface area contributed by atoms with E-state index in [1.807, 2.05) is 0 Å². The van der Waals surface area contributed by atoms with Crippen molar-refractivity contribution < 1.29 is 5.11 Å². The maximum absolute atomic E-state index is 9.81. The molecule has 0 aromatic rings. The zero-order valence-electron chi connectivity index (χ0n) is 9.50. The molecule has 2 atom stereocenters. The van der Waals surface area contributed by atoms with Gasteiger partial charge in [0.2, 0.25) is 0 Å². The zero-order chi connectivity index (χ0) is 10.2. The molecule has 0 amide bonds. The minimum atomic E-state index is -0.0660. The fraction of sp³-hybridized carbons (Fsp3) is 1.00. The van der Waals surface area contributed by atoms with Crippen LogP contribution in [0.2, 0.25) is 0 Å². The van der Waals surface area contributed by atoms with Crippen LogP contribution >= 0.6 is 0 Å². The standard InChI is InChI=1S/C12H23NO/c1-3-10-7-13(8-11(10)14)9-12(2)5-4-6-12/h10-11,14H,3-9H2,1-2H3. The number of aliphatic hydroxyl groups is 1. The van der Waals surface area contributed by atoms with Gasteiger partial charge in [-0.05, 0) is 30.6 Å². The van der Waals surface area contributed by atoms with E-state index in [9.17, 15) is 5.11 Å². The number of β-amino-alcohol motifs (C(OH)–C–C–N with tert-alkyl or cyclic N) is 1. The van der Waals surface area contributed by atoms with Crippen molar-refractivity contribution in [2.24, 2.45) is 11.3 Å². The van der Waals surface area contributed by atoms with Gasteiger partial charge in [-0.1, -0.05) is 20.3 Å². The predicted octanol–water partition coefficient (Wildman–Crippen LogP) is 1.88. The molecule has 1 aliphatic carbocycles. The Morgan fingerprint density at radius 3 is 2.50 bits per heavy atom. The van der Waals surface area contributed by atoms with Crippen LogP contribution in [0.1, 0.15) is 39.5 Å². The first-order valence-electron chi connectivity index (χ1n) is 6.03. The third-order valence-corrected chi connectivity index (χ3v) is 4.17. The molecule has 1 saturated heterocycles. The zero-order valence-corrected chi connectivity index (χ0v) is 9.50. The highest BCUT2D eigenvalue weighted by molar-refractivity contribution is 4.91. The summed E-state index contributed by atoms with van der Waals surface area (Å²) in [5.74, 6) is 0.527. The third-order valence-electron chi connectivity index (χ3n) is 4.17. The Bertz CT molecular complexity index is 200.